The summed E-state index contributed by atoms with van der Waals surface area (Å²) >= 11 is 0. The molecule has 0 saturated carbocycles. The van der Waals surface area contributed by atoms with Gasteiger partial charge in [0.25, 0.3) is 0 Å². The maximum Gasteiger partial charge on any atom is 0.0545 e. The SMILES string of the molecule is CCCCCCCCN[C@@H](C)C[S@](=O)c1ccccc1. The van der Waals surface area contributed by atoms with E-state index >= 15 is 0 Å². The van der Waals surface area contributed by atoms with E-state index in [0.717, 1.165) is 11.4 Å². The van der Waals surface area contributed by atoms with E-state index in [1.165, 1.54) is 38.5 Å². The molecule has 0 radical (unpaired) electrons. The van der Waals surface area contributed by atoms with Gasteiger partial charge in [-0.25, -0.2) is 0 Å². The minimum atomic E-state index is -0.888. The third-order valence-corrected chi connectivity index (χ3v) is 5.03. The van der Waals surface area contributed by atoms with E-state index in [1.807, 2.05) is 30.3 Å². The molecule has 1 rings (SSSR count). The quantitative estimate of drug-likeness (QED) is 0.622. The summed E-state index contributed by atoms with van der Waals surface area (Å²) in [7, 11) is -0.888. The molecule has 0 amide bonds. The standard InChI is InChI=1S/C17H29NOS/c1-3-4-5-6-7-11-14-18-16(2)15-20(19)17-12-9-8-10-13-17/h8-10,12-13,16,18H,3-7,11,14-15H2,1-2H3/t16-,20-/m0/s1. The summed E-state index contributed by atoms with van der Waals surface area (Å²) in [4.78, 5) is 0.931. The lowest BCUT2D eigenvalue weighted by atomic mass is 10.1. The predicted octanol–water partition coefficient (Wildman–Crippen LogP) is 4.13. The molecule has 0 aromatic heterocycles. The number of hydrogen-bond acceptors (Lipinski definition) is 2. The number of unbranched alkanes of at least 4 members (excludes halogenated alkanes) is 5. The first-order valence-corrected chi connectivity index (χ1v) is 9.22. The lowest BCUT2D eigenvalue weighted by Gasteiger charge is -2.13. The summed E-state index contributed by atoms with van der Waals surface area (Å²) in [5, 5.41) is 3.48. The van der Waals surface area contributed by atoms with Crippen LogP contribution in [-0.2, 0) is 10.8 Å². The van der Waals surface area contributed by atoms with Crippen molar-refractivity contribution < 1.29 is 4.21 Å². The Balaban J connectivity index is 2.08. The molecule has 0 aliphatic rings. The van der Waals surface area contributed by atoms with Gasteiger partial charge in [-0.05, 0) is 32.0 Å². The molecule has 3 heteroatoms. The summed E-state index contributed by atoms with van der Waals surface area (Å²) < 4.78 is 12.1. The fourth-order valence-corrected chi connectivity index (χ4v) is 3.43. The van der Waals surface area contributed by atoms with Gasteiger partial charge in [0, 0.05) is 16.7 Å². The van der Waals surface area contributed by atoms with E-state index < -0.39 is 10.8 Å². The Bertz CT molecular complexity index is 367. The molecule has 0 aliphatic carbocycles. The van der Waals surface area contributed by atoms with Crippen molar-refractivity contribution in [2.75, 3.05) is 12.3 Å². The first kappa shape index (κ1) is 17.4. The van der Waals surface area contributed by atoms with Crippen molar-refractivity contribution in [1.82, 2.24) is 5.32 Å². The Morgan fingerprint density at radius 2 is 1.70 bits per heavy atom. The van der Waals surface area contributed by atoms with Crippen molar-refractivity contribution in [1.29, 1.82) is 0 Å². The highest BCUT2D eigenvalue weighted by molar-refractivity contribution is 7.85. The smallest absolute Gasteiger partial charge is 0.0545 e. The first-order valence-electron chi connectivity index (χ1n) is 7.91. The fourth-order valence-electron chi connectivity index (χ4n) is 2.21. The van der Waals surface area contributed by atoms with Gasteiger partial charge in [0.05, 0.1) is 10.8 Å². The zero-order valence-electron chi connectivity index (χ0n) is 12.9. The van der Waals surface area contributed by atoms with Crippen LogP contribution in [0, 0.1) is 0 Å². The van der Waals surface area contributed by atoms with Crippen LogP contribution in [0.4, 0.5) is 0 Å². The molecular formula is C17H29NOS. The van der Waals surface area contributed by atoms with Gasteiger partial charge in [-0.1, -0.05) is 57.2 Å². The van der Waals surface area contributed by atoms with Crippen molar-refractivity contribution in [2.45, 2.75) is 63.3 Å². The molecule has 1 aromatic rings. The van der Waals surface area contributed by atoms with Gasteiger partial charge in [0.2, 0.25) is 0 Å². The lowest BCUT2D eigenvalue weighted by Crippen LogP contribution is -2.32. The molecule has 0 unspecified atom stereocenters. The molecule has 1 aromatic carbocycles. The van der Waals surface area contributed by atoms with Crippen molar-refractivity contribution in [2.24, 2.45) is 0 Å². The third-order valence-electron chi connectivity index (χ3n) is 3.43. The highest BCUT2D eigenvalue weighted by Crippen LogP contribution is 2.07. The van der Waals surface area contributed by atoms with Gasteiger partial charge in [-0.3, -0.25) is 4.21 Å². The molecule has 0 spiro atoms. The second kappa shape index (κ2) is 11.0. The second-order valence-electron chi connectivity index (χ2n) is 5.45. The molecular weight excluding hydrogens is 266 g/mol. The van der Waals surface area contributed by atoms with E-state index in [0.29, 0.717) is 11.8 Å². The fraction of sp³-hybridized carbons (Fsp3) is 0.647. The normalized spacial score (nSPS) is 14.1. The molecule has 20 heavy (non-hydrogen) atoms. The highest BCUT2D eigenvalue weighted by Gasteiger charge is 2.08. The van der Waals surface area contributed by atoms with Crippen molar-refractivity contribution in [3.8, 4) is 0 Å². The summed E-state index contributed by atoms with van der Waals surface area (Å²) in [6.45, 7) is 5.41. The van der Waals surface area contributed by atoms with Crippen LogP contribution in [0.25, 0.3) is 0 Å². The van der Waals surface area contributed by atoms with Crippen LogP contribution in [0.2, 0.25) is 0 Å². The van der Waals surface area contributed by atoms with Crippen LogP contribution in [0.15, 0.2) is 35.2 Å². The maximum atomic E-state index is 12.1. The van der Waals surface area contributed by atoms with Gasteiger partial charge in [-0.2, -0.15) is 0 Å². The van der Waals surface area contributed by atoms with Crippen LogP contribution in [0.5, 0.6) is 0 Å². The number of nitrogens with one attached hydrogen (secondary N) is 1. The molecule has 2 nitrogen and oxygen atoms in total. The number of benzene rings is 1. The Hall–Kier alpha value is -0.670. The topological polar surface area (TPSA) is 29.1 Å². The minimum absolute atomic E-state index is 0.312. The summed E-state index contributed by atoms with van der Waals surface area (Å²) in [5.74, 6) is 0.694. The van der Waals surface area contributed by atoms with E-state index in [9.17, 15) is 4.21 Å². The maximum absolute atomic E-state index is 12.1. The Morgan fingerprint density at radius 3 is 2.40 bits per heavy atom. The Kier molecular flexibility index (Phi) is 9.60. The molecule has 0 aliphatic heterocycles. The largest absolute Gasteiger partial charge is 0.313 e. The monoisotopic (exact) mass is 295 g/mol. The zero-order valence-corrected chi connectivity index (χ0v) is 13.8. The number of hydrogen-bond donors (Lipinski definition) is 1. The number of rotatable bonds is 11. The highest BCUT2D eigenvalue weighted by atomic mass is 32.2. The van der Waals surface area contributed by atoms with Crippen molar-refractivity contribution in [3.05, 3.63) is 30.3 Å². The molecule has 1 N–H and O–H groups in total. The summed E-state index contributed by atoms with van der Waals surface area (Å²) in [6.07, 6.45) is 7.91. The Morgan fingerprint density at radius 1 is 1.05 bits per heavy atom. The van der Waals surface area contributed by atoms with Gasteiger partial charge < -0.3 is 5.32 Å². The first-order chi connectivity index (χ1) is 9.74. The zero-order chi connectivity index (χ0) is 14.6. The van der Waals surface area contributed by atoms with Gasteiger partial charge in [0.1, 0.15) is 0 Å². The molecule has 114 valence electrons. The second-order valence-corrected chi connectivity index (χ2v) is 6.94. The van der Waals surface area contributed by atoms with Gasteiger partial charge >= 0.3 is 0 Å². The average Bonchev–Trinajstić information content (AvgIpc) is 2.47. The van der Waals surface area contributed by atoms with Crippen LogP contribution < -0.4 is 5.32 Å². The van der Waals surface area contributed by atoms with Crippen LogP contribution >= 0.6 is 0 Å². The van der Waals surface area contributed by atoms with E-state index in [2.05, 4.69) is 19.2 Å². The van der Waals surface area contributed by atoms with E-state index in [-0.39, 0.29) is 0 Å². The molecule has 0 saturated heterocycles. The third kappa shape index (κ3) is 7.81. The van der Waals surface area contributed by atoms with Gasteiger partial charge in [0.15, 0.2) is 0 Å². The van der Waals surface area contributed by atoms with Crippen LogP contribution in [0.3, 0.4) is 0 Å². The molecule has 0 bridgehead atoms. The minimum Gasteiger partial charge on any atom is -0.313 e. The van der Waals surface area contributed by atoms with Crippen molar-refractivity contribution in [3.63, 3.8) is 0 Å². The average molecular weight is 295 g/mol. The molecule has 0 fully saturated rings. The van der Waals surface area contributed by atoms with E-state index in [1.54, 1.807) is 0 Å². The van der Waals surface area contributed by atoms with Crippen molar-refractivity contribution >= 4 is 10.8 Å². The summed E-state index contributed by atoms with van der Waals surface area (Å²) in [6, 6.07) is 10.0. The Labute approximate surface area is 126 Å². The van der Waals surface area contributed by atoms with Crippen LogP contribution in [0.1, 0.15) is 52.4 Å². The van der Waals surface area contributed by atoms with Crippen LogP contribution in [-0.4, -0.2) is 22.5 Å². The summed E-state index contributed by atoms with van der Waals surface area (Å²) in [5.41, 5.74) is 0. The molecule has 2 atom stereocenters. The molecule has 0 heterocycles. The van der Waals surface area contributed by atoms with Gasteiger partial charge in [-0.15, -0.1) is 0 Å². The predicted molar refractivity (Wildman–Crippen MR) is 88.6 cm³/mol. The van der Waals surface area contributed by atoms with E-state index in [4.69, 9.17) is 0 Å². The lowest BCUT2D eigenvalue weighted by molar-refractivity contribution is 0.536.